The number of hydrogen-bond acceptors (Lipinski definition) is 9. The standard InChI is InChI=1S/C23H39N7O2S2/c1-13(2)12-16(19-20(22(27)31)34-17(30-19)9-5-7-11-25)29-23(32)21-18(28-14(3)33-21)15(26)8-4-6-10-24/h13,15-16H,4-12,24-26H2,1-3H3,(H2,27,31)(H,29,32)/t15-,16-/m0/s1. The van der Waals surface area contributed by atoms with E-state index in [2.05, 4.69) is 24.1 Å². The van der Waals surface area contributed by atoms with Gasteiger partial charge in [-0.05, 0) is 64.5 Å². The zero-order chi connectivity index (χ0) is 25.3. The van der Waals surface area contributed by atoms with E-state index in [0.717, 1.165) is 42.1 Å². The molecule has 0 aliphatic carbocycles. The third-order valence-corrected chi connectivity index (χ3v) is 7.53. The first-order valence-electron chi connectivity index (χ1n) is 11.9. The smallest absolute Gasteiger partial charge is 0.263 e. The normalized spacial score (nSPS) is 13.3. The van der Waals surface area contributed by atoms with Crippen LogP contribution in [0.4, 0.5) is 0 Å². The summed E-state index contributed by atoms with van der Waals surface area (Å²) < 4.78 is 0. The van der Waals surface area contributed by atoms with Crippen molar-refractivity contribution in [3.05, 3.63) is 31.2 Å². The predicted molar refractivity (Wildman–Crippen MR) is 139 cm³/mol. The minimum atomic E-state index is -0.531. The average molecular weight is 510 g/mol. The van der Waals surface area contributed by atoms with Gasteiger partial charge in [-0.2, -0.15) is 0 Å². The van der Waals surface area contributed by atoms with E-state index in [-0.39, 0.29) is 17.9 Å². The van der Waals surface area contributed by atoms with Crippen molar-refractivity contribution in [2.24, 2.45) is 28.9 Å². The summed E-state index contributed by atoms with van der Waals surface area (Å²) in [6.07, 6.45) is 5.57. The van der Waals surface area contributed by atoms with Crippen molar-refractivity contribution in [3.63, 3.8) is 0 Å². The maximum Gasteiger partial charge on any atom is 0.263 e. The number of nitrogens with one attached hydrogen (secondary N) is 1. The fourth-order valence-electron chi connectivity index (χ4n) is 3.75. The second-order valence-electron chi connectivity index (χ2n) is 8.93. The van der Waals surface area contributed by atoms with Crippen molar-refractivity contribution >= 4 is 34.5 Å². The molecule has 0 bridgehead atoms. The highest BCUT2D eigenvalue weighted by molar-refractivity contribution is 7.14. The molecule has 0 unspecified atom stereocenters. The molecule has 0 aromatic carbocycles. The fraction of sp³-hybridized carbons (Fsp3) is 0.652. The molecule has 0 aliphatic rings. The predicted octanol–water partition coefficient (Wildman–Crippen LogP) is 2.93. The van der Waals surface area contributed by atoms with Gasteiger partial charge in [-0.1, -0.05) is 20.3 Å². The lowest BCUT2D eigenvalue weighted by Crippen LogP contribution is -2.32. The molecule has 2 amide bonds. The van der Waals surface area contributed by atoms with Crippen LogP contribution in [0.2, 0.25) is 0 Å². The summed E-state index contributed by atoms with van der Waals surface area (Å²) in [4.78, 5) is 35.8. The number of aromatic nitrogens is 2. The third-order valence-electron chi connectivity index (χ3n) is 5.40. The average Bonchev–Trinajstić information content (AvgIpc) is 3.37. The maximum absolute atomic E-state index is 13.4. The number of primary amides is 1. The molecule has 0 aliphatic heterocycles. The Kier molecular flexibility index (Phi) is 11.5. The number of carbonyl (C=O) groups is 2. The molecule has 190 valence electrons. The van der Waals surface area contributed by atoms with Crippen molar-refractivity contribution < 1.29 is 9.59 Å². The number of thiazole rings is 2. The van der Waals surface area contributed by atoms with Gasteiger partial charge in [-0.3, -0.25) is 9.59 Å². The Balaban J connectivity index is 2.31. The molecule has 0 spiro atoms. The number of aryl methyl sites for hydroxylation is 2. The topological polar surface area (TPSA) is 176 Å². The zero-order valence-corrected chi connectivity index (χ0v) is 22.1. The number of nitrogens with two attached hydrogens (primary N) is 4. The number of nitrogens with zero attached hydrogens (tertiary/aromatic N) is 2. The Morgan fingerprint density at radius 3 is 2.26 bits per heavy atom. The van der Waals surface area contributed by atoms with Gasteiger partial charge in [-0.15, -0.1) is 22.7 Å². The maximum atomic E-state index is 13.4. The molecule has 0 saturated heterocycles. The van der Waals surface area contributed by atoms with E-state index in [0.29, 0.717) is 47.1 Å². The van der Waals surface area contributed by atoms with Gasteiger partial charge in [0, 0.05) is 6.04 Å². The van der Waals surface area contributed by atoms with Gasteiger partial charge in [0.15, 0.2) is 0 Å². The van der Waals surface area contributed by atoms with Crippen molar-refractivity contribution in [1.82, 2.24) is 15.3 Å². The molecule has 0 saturated carbocycles. The lowest BCUT2D eigenvalue weighted by molar-refractivity contribution is 0.0928. The minimum absolute atomic E-state index is 0.256. The molecule has 2 atom stereocenters. The van der Waals surface area contributed by atoms with Gasteiger partial charge in [0.25, 0.3) is 11.8 Å². The van der Waals surface area contributed by atoms with E-state index < -0.39 is 11.9 Å². The van der Waals surface area contributed by atoms with E-state index in [1.54, 1.807) is 0 Å². The van der Waals surface area contributed by atoms with Crippen LogP contribution in [0.3, 0.4) is 0 Å². The number of amides is 2. The second-order valence-corrected chi connectivity index (χ2v) is 11.2. The fourth-order valence-corrected chi connectivity index (χ4v) is 5.67. The molecule has 9 nitrogen and oxygen atoms in total. The molecular weight excluding hydrogens is 470 g/mol. The SMILES string of the molecule is Cc1nc([C@@H](N)CCCCN)c(C(=O)N[C@@H](CC(C)C)c2nc(CCCCN)sc2C(N)=O)s1. The van der Waals surface area contributed by atoms with E-state index in [1.807, 2.05) is 6.92 Å². The van der Waals surface area contributed by atoms with Gasteiger partial charge < -0.3 is 28.3 Å². The molecule has 34 heavy (non-hydrogen) atoms. The molecule has 2 aromatic rings. The Morgan fingerprint density at radius 2 is 1.65 bits per heavy atom. The highest BCUT2D eigenvalue weighted by Crippen LogP contribution is 2.31. The van der Waals surface area contributed by atoms with Crippen molar-refractivity contribution in [2.45, 2.75) is 77.8 Å². The number of hydrogen-bond donors (Lipinski definition) is 5. The van der Waals surface area contributed by atoms with Crippen LogP contribution in [0, 0.1) is 12.8 Å². The van der Waals surface area contributed by atoms with Crippen LogP contribution in [0.5, 0.6) is 0 Å². The summed E-state index contributed by atoms with van der Waals surface area (Å²) in [6, 6.07) is -0.784. The minimum Gasteiger partial charge on any atom is -0.365 e. The number of unbranched alkanes of at least 4 members (excludes halogenated alkanes) is 2. The first-order valence-corrected chi connectivity index (χ1v) is 13.5. The molecular formula is C23H39N7O2S2. The third kappa shape index (κ3) is 8.09. The van der Waals surface area contributed by atoms with Crippen LogP contribution in [-0.2, 0) is 6.42 Å². The van der Waals surface area contributed by atoms with E-state index in [9.17, 15) is 9.59 Å². The van der Waals surface area contributed by atoms with Crippen LogP contribution >= 0.6 is 22.7 Å². The van der Waals surface area contributed by atoms with Crippen molar-refractivity contribution in [1.29, 1.82) is 0 Å². The quantitative estimate of drug-likeness (QED) is 0.229. The Hall–Kier alpha value is -1.92. The first-order chi connectivity index (χ1) is 16.2. The van der Waals surface area contributed by atoms with Crippen LogP contribution in [-0.4, -0.2) is 34.9 Å². The van der Waals surface area contributed by atoms with Crippen LogP contribution in [0.1, 0.15) is 105 Å². The Bertz CT molecular complexity index is 942. The summed E-state index contributed by atoms with van der Waals surface area (Å²) >= 11 is 2.63. The lowest BCUT2D eigenvalue weighted by Gasteiger charge is -2.20. The van der Waals surface area contributed by atoms with Crippen molar-refractivity contribution in [2.75, 3.05) is 13.1 Å². The highest BCUT2D eigenvalue weighted by atomic mass is 32.1. The molecule has 0 fully saturated rings. The van der Waals surface area contributed by atoms with Gasteiger partial charge >= 0.3 is 0 Å². The molecule has 2 rings (SSSR count). The zero-order valence-electron chi connectivity index (χ0n) is 20.4. The molecule has 2 heterocycles. The van der Waals surface area contributed by atoms with Gasteiger partial charge in [0.05, 0.1) is 27.4 Å². The number of carbonyl (C=O) groups excluding carboxylic acids is 2. The number of rotatable bonds is 15. The first kappa shape index (κ1) is 28.3. The van der Waals surface area contributed by atoms with E-state index in [4.69, 9.17) is 27.9 Å². The largest absolute Gasteiger partial charge is 0.365 e. The van der Waals surface area contributed by atoms with Gasteiger partial charge in [-0.25, -0.2) is 9.97 Å². The van der Waals surface area contributed by atoms with Crippen LogP contribution in [0.15, 0.2) is 0 Å². The molecule has 2 aromatic heterocycles. The van der Waals surface area contributed by atoms with E-state index in [1.165, 1.54) is 22.7 Å². The highest BCUT2D eigenvalue weighted by Gasteiger charge is 2.29. The van der Waals surface area contributed by atoms with E-state index >= 15 is 0 Å². The van der Waals surface area contributed by atoms with Gasteiger partial charge in [0.2, 0.25) is 0 Å². The van der Waals surface area contributed by atoms with Crippen molar-refractivity contribution in [3.8, 4) is 0 Å². The second kappa shape index (κ2) is 13.8. The summed E-state index contributed by atoms with van der Waals surface area (Å²) in [7, 11) is 0. The summed E-state index contributed by atoms with van der Waals surface area (Å²) in [6.45, 7) is 7.21. The molecule has 9 N–H and O–H groups in total. The molecule has 0 radical (unpaired) electrons. The summed E-state index contributed by atoms with van der Waals surface area (Å²) in [5, 5.41) is 4.72. The lowest BCUT2D eigenvalue weighted by atomic mass is 9.99. The Labute approximate surface area is 210 Å². The van der Waals surface area contributed by atoms with Crippen LogP contribution in [0.25, 0.3) is 0 Å². The van der Waals surface area contributed by atoms with Gasteiger partial charge in [0.1, 0.15) is 9.75 Å². The molecule has 11 heteroatoms. The summed E-state index contributed by atoms with van der Waals surface area (Å²) in [5.74, 6) is -0.528. The van der Waals surface area contributed by atoms with Crippen LogP contribution < -0.4 is 28.3 Å². The Morgan fingerprint density at radius 1 is 0.971 bits per heavy atom. The summed E-state index contributed by atoms with van der Waals surface area (Å²) in [5.41, 5.74) is 24.4. The monoisotopic (exact) mass is 509 g/mol.